The lowest BCUT2D eigenvalue weighted by Gasteiger charge is -2.44. The van der Waals surface area contributed by atoms with Gasteiger partial charge in [0, 0.05) is 27.7 Å². The first-order valence-electron chi connectivity index (χ1n) is 8.91. The van der Waals surface area contributed by atoms with Gasteiger partial charge in [0.25, 0.3) is 0 Å². The SMILES string of the molecule is C=C(C)CS(=O)(=O)C1O[C@H](COC(C)=O)[C@@H](OC(C)=O)C(OC(C)=O)[C@H]1OC(C)=O. The van der Waals surface area contributed by atoms with E-state index in [-0.39, 0.29) is 5.57 Å². The van der Waals surface area contributed by atoms with Crippen LogP contribution in [0.25, 0.3) is 0 Å². The van der Waals surface area contributed by atoms with Crippen LogP contribution in [0.15, 0.2) is 12.2 Å². The normalized spacial score (nSPS) is 26.2. The van der Waals surface area contributed by atoms with E-state index in [0.29, 0.717) is 0 Å². The molecule has 12 heteroatoms. The zero-order valence-corrected chi connectivity index (χ0v) is 18.2. The molecule has 1 fully saturated rings. The first-order chi connectivity index (χ1) is 13.7. The van der Waals surface area contributed by atoms with Crippen molar-refractivity contribution in [2.24, 2.45) is 0 Å². The second-order valence-corrected chi connectivity index (χ2v) is 8.91. The molecule has 0 N–H and O–H groups in total. The van der Waals surface area contributed by atoms with Gasteiger partial charge < -0.3 is 23.7 Å². The van der Waals surface area contributed by atoms with Crippen molar-refractivity contribution >= 4 is 33.7 Å². The maximum Gasteiger partial charge on any atom is 0.303 e. The van der Waals surface area contributed by atoms with Gasteiger partial charge in [0.1, 0.15) is 12.7 Å². The van der Waals surface area contributed by atoms with E-state index in [0.717, 1.165) is 27.7 Å². The van der Waals surface area contributed by atoms with Gasteiger partial charge in [-0.2, -0.15) is 0 Å². The van der Waals surface area contributed by atoms with Crippen molar-refractivity contribution in [2.45, 2.75) is 64.5 Å². The maximum atomic E-state index is 12.9. The molecule has 0 aromatic rings. The quantitative estimate of drug-likeness (QED) is 0.281. The van der Waals surface area contributed by atoms with E-state index >= 15 is 0 Å². The van der Waals surface area contributed by atoms with Crippen LogP contribution in [0.1, 0.15) is 34.6 Å². The molecule has 5 atom stereocenters. The summed E-state index contributed by atoms with van der Waals surface area (Å²) >= 11 is 0. The van der Waals surface area contributed by atoms with Crippen LogP contribution in [0.5, 0.6) is 0 Å². The third-order valence-corrected chi connectivity index (χ3v) is 5.73. The highest BCUT2D eigenvalue weighted by Gasteiger charge is 2.56. The molecule has 11 nitrogen and oxygen atoms in total. The molecule has 1 rings (SSSR count). The Balaban J connectivity index is 3.52. The lowest BCUT2D eigenvalue weighted by atomic mass is 9.99. The molecular formula is C18H26O11S. The Hall–Kier alpha value is -2.47. The highest BCUT2D eigenvalue weighted by Crippen LogP contribution is 2.32. The van der Waals surface area contributed by atoms with Crippen LogP contribution in [0.4, 0.5) is 0 Å². The highest BCUT2D eigenvalue weighted by molar-refractivity contribution is 7.92. The fourth-order valence-electron chi connectivity index (χ4n) is 2.90. The molecule has 0 saturated carbocycles. The second kappa shape index (κ2) is 10.5. The number of hydrogen-bond donors (Lipinski definition) is 0. The smallest absolute Gasteiger partial charge is 0.303 e. The van der Waals surface area contributed by atoms with Crippen LogP contribution in [0.2, 0.25) is 0 Å². The van der Waals surface area contributed by atoms with E-state index in [1.807, 2.05) is 0 Å². The average Bonchev–Trinajstić information content (AvgIpc) is 2.54. The number of carbonyl (C=O) groups excluding carboxylic acids is 4. The summed E-state index contributed by atoms with van der Waals surface area (Å²) in [7, 11) is -4.14. The van der Waals surface area contributed by atoms with Gasteiger partial charge in [-0.1, -0.05) is 12.2 Å². The predicted octanol–water partition coefficient (Wildman–Crippen LogP) is 0.0604. The average molecular weight is 450 g/mol. The summed E-state index contributed by atoms with van der Waals surface area (Å²) in [6.07, 6.45) is -5.91. The summed E-state index contributed by atoms with van der Waals surface area (Å²) in [5, 5.41) is 0. The molecule has 0 aromatic carbocycles. The van der Waals surface area contributed by atoms with Crippen LogP contribution in [-0.2, 0) is 52.7 Å². The van der Waals surface area contributed by atoms with Gasteiger partial charge in [0.05, 0.1) is 5.75 Å². The summed E-state index contributed by atoms with van der Waals surface area (Å²) in [4.78, 5) is 46.2. The molecule has 0 aromatic heterocycles. The van der Waals surface area contributed by atoms with E-state index in [1.54, 1.807) is 0 Å². The zero-order valence-electron chi connectivity index (χ0n) is 17.4. The Morgan fingerprint density at radius 3 is 1.70 bits per heavy atom. The van der Waals surface area contributed by atoms with Gasteiger partial charge in [-0.25, -0.2) is 8.42 Å². The molecule has 0 bridgehead atoms. The van der Waals surface area contributed by atoms with Crippen LogP contribution in [0.3, 0.4) is 0 Å². The Kier molecular flexibility index (Phi) is 8.97. The largest absolute Gasteiger partial charge is 0.463 e. The molecule has 30 heavy (non-hydrogen) atoms. The highest BCUT2D eigenvalue weighted by atomic mass is 32.2. The van der Waals surface area contributed by atoms with E-state index < -0.39 is 75.9 Å². The Bertz CT molecular complexity index is 801. The second-order valence-electron chi connectivity index (χ2n) is 6.83. The minimum Gasteiger partial charge on any atom is -0.463 e. The van der Waals surface area contributed by atoms with Gasteiger partial charge in [-0.05, 0) is 6.92 Å². The number of esters is 4. The third kappa shape index (κ3) is 7.41. The van der Waals surface area contributed by atoms with Crippen LogP contribution in [0, 0.1) is 0 Å². The fraction of sp³-hybridized carbons (Fsp3) is 0.667. The maximum absolute atomic E-state index is 12.9. The van der Waals surface area contributed by atoms with Crippen LogP contribution in [-0.4, -0.2) is 74.5 Å². The van der Waals surface area contributed by atoms with Gasteiger partial charge in [-0.3, -0.25) is 19.2 Å². The number of hydrogen-bond acceptors (Lipinski definition) is 11. The van der Waals surface area contributed by atoms with Crippen molar-refractivity contribution in [1.82, 2.24) is 0 Å². The molecule has 1 aliphatic rings. The van der Waals surface area contributed by atoms with E-state index in [1.165, 1.54) is 6.92 Å². The summed E-state index contributed by atoms with van der Waals surface area (Å²) in [6.45, 7) is 8.78. The van der Waals surface area contributed by atoms with Crippen molar-refractivity contribution in [3.63, 3.8) is 0 Å². The standard InChI is InChI=1S/C18H26O11S/c1-9(2)8-30(23,24)18-17(28-13(6)22)16(27-12(5)21)15(26-11(4)20)14(29-18)7-25-10(3)19/h14-18H,1,7-8H2,2-6H3/t14-,15-,16?,17-,18?/m1/s1. The Morgan fingerprint density at radius 1 is 0.800 bits per heavy atom. The number of carbonyl (C=O) groups is 4. The molecule has 170 valence electrons. The summed E-state index contributed by atoms with van der Waals surface area (Å²) in [6, 6.07) is 0. The number of sulfone groups is 1. The minimum atomic E-state index is -4.14. The van der Waals surface area contributed by atoms with Crippen molar-refractivity contribution in [3.8, 4) is 0 Å². The Labute approximate surface area is 174 Å². The lowest BCUT2D eigenvalue weighted by molar-refractivity contribution is -0.238. The monoisotopic (exact) mass is 450 g/mol. The van der Waals surface area contributed by atoms with Crippen molar-refractivity contribution in [1.29, 1.82) is 0 Å². The van der Waals surface area contributed by atoms with E-state index in [2.05, 4.69) is 6.58 Å². The topological polar surface area (TPSA) is 149 Å². The Morgan fingerprint density at radius 2 is 1.27 bits per heavy atom. The van der Waals surface area contributed by atoms with Crippen LogP contribution >= 0.6 is 0 Å². The number of ether oxygens (including phenoxy) is 5. The molecule has 1 saturated heterocycles. The predicted molar refractivity (Wildman–Crippen MR) is 101 cm³/mol. The summed E-state index contributed by atoms with van der Waals surface area (Å²) in [5.41, 5.74) is -1.52. The fourth-order valence-corrected chi connectivity index (χ4v) is 4.69. The third-order valence-electron chi connectivity index (χ3n) is 3.75. The van der Waals surface area contributed by atoms with Crippen molar-refractivity contribution < 1.29 is 51.3 Å². The van der Waals surface area contributed by atoms with Gasteiger partial charge in [0.15, 0.2) is 33.6 Å². The molecule has 2 unspecified atom stereocenters. The molecule has 0 radical (unpaired) electrons. The van der Waals surface area contributed by atoms with Crippen molar-refractivity contribution in [2.75, 3.05) is 12.4 Å². The molecule has 1 aliphatic heterocycles. The number of rotatable bonds is 8. The molecule has 0 amide bonds. The summed E-state index contributed by atoms with van der Waals surface area (Å²) < 4.78 is 51.8. The lowest BCUT2D eigenvalue weighted by Crippen LogP contribution is -2.64. The molecule has 0 spiro atoms. The summed E-state index contributed by atoms with van der Waals surface area (Å²) in [5.74, 6) is -3.75. The van der Waals surface area contributed by atoms with Gasteiger partial charge >= 0.3 is 23.9 Å². The van der Waals surface area contributed by atoms with E-state index in [4.69, 9.17) is 23.7 Å². The van der Waals surface area contributed by atoms with Gasteiger partial charge in [0.2, 0.25) is 0 Å². The van der Waals surface area contributed by atoms with Gasteiger partial charge in [-0.15, -0.1) is 0 Å². The zero-order chi connectivity index (χ0) is 23.2. The molecular weight excluding hydrogens is 424 g/mol. The van der Waals surface area contributed by atoms with Crippen LogP contribution < -0.4 is 0 Å². The first kappa shape index (κ1) is 25.6. The first-order valence-corrected chi connectivity index (χ1v) is 10.6. The van der Waals surface area contributed by atoms with E-state index in [9.17, 15) is 27.6 Å². The minimum absolute atomic E-state index is 0.280. The molecule has 0 aliphatic carbocycles. The van der Waals surface area contributed by atoms with Crippen molar-refractivity contribution in [3.05, 3.63) is 12.2 Å². The molecule has 1 heterocycles.